The van der Waals surface area contributed by atoms with Gasteiger partial charge in [0.15, 0.2) is 0 Å². The summed E-state index contributed by atoms with van der Waals surface area (Å²) in [5.41, 5.74) is 2.18. The number of aromatic nitrogens is 1. The second kappa shape index (κ2) is 5.08. The lowest BCUT2D eigenvalue weighted by Gasteiger charge is -2.01. The smallest absolute Gasteiger partial charge is 0.119 e. The van der Waals surface area contributed by atoms with Crippen LogP contribution in [0.3, 0.4) is 0 Å². The first kappa shape index (κ1) is 11.8. The van der Waals surface area contributed by atoms with E-state index in [1.165, 1.54) is 4.88 Å². The number of aryl methyl sites for hydroxylation is 1. The van der Waals surface area contributed by atoms with E-state index in [0.717, 1.165) is 20.7 Å². The van der Waals surface area contributed by atoms with Crippen LogP contribution >= 0.6 is 27.3 Å². The second-order valence-corrected chi connectivity index (χ2v) is 5.57. The van der Waals surface area contributed by atoms with E-state index in [0.29, 0.717) is 6.61 Å². The molecule has 0 spiro atoms. The van der Waals surface area contributed by atoms with Gasteiger partial charge < -0.3 is 4.74 Å². The first-order valence-electron chi connectivity index (χ1n) is 4.92. The van der Waals surface area contributed by atoms with Crippen LogP contribution in [0.4, 0.5) is 0 Å². The Morgan fingerprint density at radius 1 is 1.38 bits per heavy atom. The highest BCUT2D eigenvalue weighted by Crippen LogP contribution is 2.32. The fourth-order valence-electron chi connectivity index (χ4n) is 1.54. The molecule has 0 amide bonds. The van der Waals surface area contributed by atoms with Crippen LogP contribution in [0.1, 0.15) is 9.88 Å². The van der Waals surface area contributed by atoms with Crippen molar-refractivity contribution >= 4 is 27.3 Å². The van der Waals surface area contributed by atoms with Gasteiger partial charge in [0.25, 0.3) is 0 Å². The Labute approximate surface area is 107 Å². The summed E-state index contributed by atoms with van der Waals surface area (Å²) in [7, 11) is 1.69. The van der Waals surface area contributed by atoms with Crippen molar-refractivity contribution < 1.29 is 4.74 Å². The minimum atomic E-state index is 0.579. The number of nitrogens with zero attached hydrogens (tertiary/aromatic N) is 1. The molecule has 84 valence electrons. The average molecular weight is 298 g/mol. The van der Waals surface area contributed by atoms with Gasteiger partial charge in [-0.2, -0.15) is 0 Å². The third-order valence-electron chi connectivity index (χ3n) is 2.24. The number of benzene rings is 1. The zero-order valence-corrected chi connectivity index (χ0v) is 11.6. The lowest BCUT2D eigenvalue weighted by molar-refractivity contribution is 0.184. The van der Waals surface area contributed by atoms with E-state index < -0.39 is 0 Å². The molecule has 0 atom stereocenters. The van der Waals surface area contributed by atoms with E-state index in [9.17, 15) is 0 Å². The third-order valence-corrected chi connectivity index (χ3v) is 3.87. The summed E-state index contributed by atoms with van der Waals surface area (Å²) in [6.45, 7) is 2.67. The molecule has 2 aromatic rings. The first-order chi connectivity index (χ1) is 7.72. The number of hydrogen-bond donors (Lipinski definition) is 0. The summed E-state index contributed by atoms with van der Waals surface area (Å²) in [4.78, 5) is 5.82. The van der Waals surface area contributed by atoms with Gasteiger partial charge in [0.1, 0.15) is 5.01 Å². The SMILES string of the molecule is COCc1nc(-c2ccccc2Br)c(C)s1. The maximum Gasteiger partial charge on any atom is 0.119 e. The molecule has 0 N–H and O–H groups in total. The van der Waals surface area contributed by atoms with Crippen molar-refractivity contribution in [2.75, 3.05) is 7.11 Å². The molecule has 1 heterocycles. The molecule has 0 saturated carbocycles. The van der Waals surface area contributed by atoms with Crippen LogP contribution in [0.5, 0.6) is 0 Å². The molecular weight excluding hydrogens is 286 g/mol. The van der Waals surface area contributed by atoms with Gasteiger partial charge in [0, 0.05) is 22.0 Å². The summed E-state index contributed by atoms with van der Waals surface area (Å²) >= 11 is 5.23. The van der Waals surface area contributed by atoms with Crippen molar-refractivity contribution in [3.63, 3.8) is 0 Å². The van der Waals surface area contributed by atoms with E-state index >= 15 is 0 Å². The Bertz CT molecular complexity index is 496. The van der Waals surface area contributed by atoms with Crippen molar-refractivity contribution in [1.82, 2.24) is 4.98 Å². The maximum absolute atomic E-state index is 5.10. The molecule has 0 radical (unpaired) electrons. The summed E-state index contributed by atoms with van der Waals surface area (Å²) in [6, 6.07) is 8.13. The summed E-state index contributed by atoms with van der Waals surface area (Å²) in [5, 5.41) is 1.02. The summed E-state index contributed by atoms with van der Waals surface area (Å²) < 4.78 is 6.17. The van der Waals surface area contributed by atoms with Gasteiger partial charge in [-0.3, -0.25) is 0 Å². The molecule has 2 nitrogen and oxygen atoms in total. The van der Waals surface area contributed by atoms with Gasteiger partial charge in [0.2, 0.25) is 0 Å². The fraction of sp³-hybridized carbons (Fsp3) is 0.250. The molecule has 16 heavy (non-hydrogen) atoms. The van der Waals surface area contributed by atoms with E-state index in [4.69, 9.17) is 4.74 Å². The average Bonchev–Trinajstić information content (AvgIpc) is 2.61. The molecule has 1 aromatic heterocycles. The lowest BCUT2D eigenvalue weighted by Crippen LogP contribution is -1.86. The second-order valence-electron chi connectivity index (χ2n) is 3.43. The van der Waals surface area contributed by atoms with E-state index in [-0.39, 0.29) is 0 Å². The number of thiazole rings is 1. The lowest BCUT2D eigenvalue weighted by atomic mass is 10.1. The molecule has 4 heteroatoms. The Morgan fingerprint density at radius 2 is 2.12 bits per heavy atom. The third kappa shape index (κ3) is 2.34. The van der Waals surface area contributed by atoms with Crippen LogP contribution in [-0.2, 0) is 11.3 Å². The van der Waals surface area contributed by atoms with Gasteiger partial charge >= 0.3 is 0 Å². The predicted molar refractivity (Wildman–Crippen MR) is 70.7 cm³/mol. The standard InChI is InChI=1S/C12H12BrNOS/c1-8-12(14-11(16-8)7-15-2)9-5-3-4-6-10(9)13/h3-6H,7H2,1-2H3. The molecular formula is C12H12BrNOS. The van der Waals surface area contributed by atoms with Gasteiger partial charge in [-0.15, -0.1) is 11.3 Å². The zero-order valence-electron chi connectivity index (χ0n) is 9.16. The van der Waals surface area contributed by atoms with Gasteiger partial charge in [-0.25, -0.2) is 4.98 Å². The molecule has 0 bridgehead atoms. The minimum absolute atomic E-state index is 0.579. The highest BCUT2D eigenvalue weighted by Gasteiger charge is 2.11. The van der Waals surface area contributed by atoms with Crippen LogP contribution in [-0.4, -0.2) is 12.1 Å². The Hall–Kier alpha value is -0.710. The van der Waals surface area contributed by atoms with Gasteiger partial charge in [-0.05, 0) is 13.0 Å². The Morgan fingerprint density at radius 3 is 2.81 bits per heavy atom. The predicted octanol–water partition coefficient (Wildman–Crippen LogP) is 4.03. The monoisotopic (exact) mass is 297 g/mol. The highest BCUT2D eigenvalue weighted by atomic mass is 79.9. The Kier molecular flexibility index (Phi) is 3.74. The number of ether oxygens (including phenoxy) is 1. The normalized spacial score (nSPS) is 10.7. The molecule has 0 fully saturated rings. The zero-order chi connectivity index (χ0) is 11.5. The summed E-state index contributed by atoms with van der Waals surface area (Å²) in [5.74, 6) is 0. The van der Waals surface area contributed by atoms with Crippen molar-refractivity contribution in [2.24, 2.45) is 0 Å². The molecule has 0 aliphatic heterocycles. The fourth-order valence-corrected chi connectivity index (χ4v) is 2.93. The van der Waals surface area contributed by atoms with E-state index in [1.807, 2.05) is 18.2 Å². The number of methoxy groups -OCH3 is 1. The number of hydrogen-bond acceptors (Lipinski definition) is 3. The van der Waals surface area contributed by atoms with Crippen molar-refractivity contribution in [1.29, 1.82) is 0 Å². The molecule has 2 rings (SSSR count). The number of rotatable bonds is 3. The highest BCUT2D eigenvalue weighted by molar-refractivity contribution is 9.10. The molecule has 0 saturated heterocycles. The van der Waals surface area contributed by atoms with Crippen LogP contribution < -0.4 is 0 Å². The van der Waals surface area contributed by atoms with E-state index in [1.54, 1.807) is 18.4 Å². The quantitative estimate of drug-likeness (QED) is 0.853. The first-order valence-corrected chi connectivity index (χ1v) is 6.53. The summed E-state index contributed by atoms with van der Waals surface area (Å²) in [6.07, 6.45) is 0. The van der Waals surface area contributed by atoms with Crippen LogP contribution in [0.15, 0.2) is 28.7 Å². The van der Waals surface area contributed by atoms with Crippen LogP contribution in [0, 0.1) is 6.92 Å². The largest absolute Gasteiger partial charge is 0.378 e. The van der Waals surface area contributed by atoms with Crippen LogP contribution in [0.25, 0.3) is 11.3 Å². The molecule has 0 unspecified atom stereocenters. The van der Waals surface area contributed by atoms with Crippen LogP contribution in [0.2, 0.25) is 0 Å². The molecule has 0 aliphatic rings. The Balaban J connectivity index is 2.44. The maximum atomic E-state index is 5.10. The molecule has 0 aliphatic carbocycles. The van der Waals surface area contributed by atoms with Gasteiger partial charge in [-0.1, -0.05) is 34.1 Å². The van der Waals surface area contributed by atoms with Crippen molar-refractivity contribution in [3.8, 4) is 11.3 Å². The number of halogens is 1. The van der Waals surface area contributed by atoms with Gasteiger partial charge in [0.05, 0.1) is 12.3 Å². The van der Waals surface area contributed by atoms with Crippen molar-refractivity contribution in [3.05, 3.63) is 38.6 Å². The van der Waals surface area contributed by atoms with Crippen molar-refractivity contribution in [2.45, 2.75) is 13.5 Å². The molecule has 1 aromatic carbocycles. The minimum Gasteiger partial charge on any atom is -0.378 e. The van der Waals surface area contributed by atoms with E-state index in [2.05, 4.69) is 33.9 Å². The topological polar surface area (TPSA) is 22.1 Å².